The van der Waals surface area contributed by atoms with Crippen molar-refractivity contribution < 1.29 is 49.3 Å². The van der Waals surface area contributed by atoms with Gasteiger partial charge in [0.05, 0.1) is 49.9 Å². The summed E-state index contributed by atoms with van der Waals surface area (Å²) in [5, 5.41) is 12.8. The molecule has 2 N–H and O–H groups in total. The van der Waals surface area contributed by atoms with Crippen molar-refractivity contribution >= 4 is 9.84 Å². The van der Waals surface area contributed by atoms with E-state index in [1.54, 1.807) is 30.3 Å². The van der Waals surface area contributed by atoms with Crippen LogP contribution in [0, 0.1) is 0 Å². The van der Waals surface area contributed by atoms with Gasteiger partial charge in [-0.2, -0.15) is 26.3 Å². The van der Waals surface area contributed by atoms with Gasteiger partial charge in [-0.3, -0.25) is 5.32 Å². The van der Waals surface area contributed by atoms with Crippen LogP contribution >= 0.6 is 0 Å². The second kappa shape index (κ2) is 10.1. The maximum Gasteiger partial charge on any atom is 0.391 e. The van der Waals surface area contributed by atoms with E-state index >= 15 is 0 Å². The molecule has 13 heteroatoms. The Morgan fingerprint density at radius 1 is 1.03 bits per heavy atom. The number of aliphatic hydroxyl groups excluding tert-OH is 1. The highest BCUT2D eigenvalue weighted by atomic mass is 32.2. The first-order chi connectivity index (χ1) is 16.6. The van der Waals surface area contributed by atoms with Crippen molar-refractivity contribution in [2.75, 3.05) is 20.0 Å². The van der Waals surface area contributed by atoms with Gasteiger partial charge in [0.2, 0.25) is 0 Å². The van der Waals surface area contributed by atoms with Crippen LogP contribution in [0.25, 0.3) is 0 Å². The zero-order valence-electron chi connectivity index (χ0n) is 19.3. The fraction of sp³-hybridized carbons (Fsp3) is 0.478. The Bertz CT molecular complexity index is 1170. The number of ether oxygens (including phenoxy) is 2. The predicted molar refractivity (Wildman–Crippen MR) is 118 cm³/mol. The molecule has 2 aromatic rings. The molecule has 6 nitrogen and oxygen atoms in total. The molecule has 2 aromatic carbocycles. The van der Waals surface area contributed by atoms with E-state index in [1.165, 1.54) is 20.3 Å². The molecule has 3 rings (SSSR count). The molecule has 3 atom stereocenters. The standard InChI is InChI=1S/C23H25F6NO5S/c1-34-17-8-16-19(9-18(17)35-2)36(32,33)13-21(12-23(27,28)29,10-15(31)11-22(24,25)26)30-20(16)14-6-4-3-5-7-14/h3-9,15,20,30-31H,10-13H2,1-2H3/t15?,20-,21+/m0/s1. The molecule has 36 heavy (non-hydrogen) atoms. The number of aliphatic hydroxyl groups is 1. The van der Waals surface area contributed by atoms with E-state index in [-0.39, 0.29) is 22.0 Å². The van der Waals surface area contributed by atoms with Gasteiger partial charge in [-0.05, 0) is 23.6 Å². The Kier molecular flexibility index (Phi) is 7.87. The molecular formula is C23H25F6NO5S. The van der Waals surface area contributed by atoms with E-state index in [0.717, 1.165) is 6.07 Å². The van der Waals surface area contributed by atoms with Crippen molar-refractivity contribution in [2.45, 2.75) is 54.2 Å². The molecule has 0 saturated carbocycles. The molecule has 1 aliphatic heterocycles. The zero-order valence-corrected chi connectivity index (χ0v) is 20.1. The molecule has 1 heterocycles. The van der Waals surface area contributed by atoms with Gasteiger partial charge in [0.25, 0.3) is 0 Å². The molecule has 0 bridgehead atoms. The maximum absolute atomic E-state index is 13.8. The van der Waals surface area contributed by atoms with Crippen molar-refractivity contribution in [3.05, 3.63) is 53.6 Å². The van der Waals surface area contributed by atoms with Crippen LogP contribution in [0.3, 0.4) is 0 Å². The van der Waals surface area contributed by atoms with E-state index in [1.807, 2.05) is 0 Å². The number of sulfone groups is 1. The minimum atomic E-state index is -4.96. The lowest BCUT2D eigenvalue weighted by molar-refractivity contribution is -0.164. The van der Waals surface area contributed by atoms with Crippen LogP contribution < -0.4 is 14.8 Å². The molecule has 0 radical (unpaired) electrons. The minimum absolute atomic E-state index is 0.00654. The third-order valence-corrected chi connectivity index (χ3v) is 7.80. The first-order valence-electron chi connectivity index (χ1n) is 10.7. The van der Waals surface area contributed by atoms with Crippen LogP contribution in [0.2, 0.25) is 0 Å². The Balaban J connectivity index is 2.27. The summed E-state index contributed by atoms with van der Waals surface area (Å²) in [4.78, 5) is -0.351. The summed E-state index contributed by atoms with van der Waals surface area (Å²) >= 11 is 0. The fourth-order valence-corrected chi connectivity index (χ4v) is 6.62. The van der Waals surface area contributed by atoms with Crippen molar-refractivity contribution in [3.63, 3.8) is 0 Å². The Morgan fingerprint density at radius 2 is 1.61 bits per heavy atom. The second-order valence-corrected chi connectivity index (χ2v) is 10.7. The monoisotopic (exact) mass is 541 g/mol. The second-order valence-electron chi connectivity index (χ2n) is 8.74. The molecule has 200 valence electrons. The average Bonchev–Trinajstić information content (AvgIpc) is 2.82. The van der Waals surface area contributed by atoms with Crippen molar-refractivity contribution in [1.82, 2.24) is 5.32 Å². The third kappa shape index (κ3) is 6.62. The normalized spacial score (nSPS) is 22.9. The summed E-state index contributed by atoms with van der Waals surface area (Å²) < 4.78 is 118. The van der Waals surface area contributed by atoms with Gasteiger partial charge in [-0.15, -0.1) is 0 Å². The largest absolute Gasteiger partial charge is 0.493 e. The lowest BCUT2D eigenvalue weighted by Crippen LogP contribution is -2.55. The number of hydrogen-bond donors (Lipinski definition) is 2. The first-order valence-corrected chi connectivity index (χ1v) is 12.4. The summed E-state index contributed by atoms with van der Waals surface area (Å²) in [6, 6.07) is 9.13. The Hall–Kier alpha value is -2.51. The molecular weight excluding hydrogens is 516 g/mol. The van der Waals surface area contributed by atoms with E-state index in [2.05, 4.69) is 5.32 Å². The molecule has 0 spiro atoms. The molecule has 0 fully saturated rings. The first kappa shape index (κ1) is 28.1. The number of nitrogens with one attached hydrogen (secondary N) is 1. The summed E-state index contributed by atoms with van der Waals surface area (Å²) in [5.41, 5.74) is -2.09. The summed E-state index contributed by atoms with van der Waals surface area (Å²) in [6.45, 7) is 0. The van der Waals surface area contributed by atoms with E-state index in [9.17, 15) is 39.9 Å². The topological polar surface area (TPSA) is 84.9 Å². The smallest absolute Gasteiger partial charge is 0.391 e. The molecule has 1 unspecified atom stereocenters. The predicted octanol–water partition coefficient (Wildman–Crippen LogP) is 4.56. The van der Waals surface area contributed by atoms with Gasteiger partial charge < -0.3 is 14.6 Å². The molecule has 0 aromatic heterocycles. The average molecular weight is 542 g/mol. The van der Waals surface area contributed by atoms with E-state index in [4.69, 9.17) is 9.47 Å². The van der Waals surface area contributed by atoms with Gasteiger partial charge in [0.1, 0.15) is 0 Å². The van der Waals surface area contributed by atoms with Crippen molar-refractivity contribution in [3.8, 4) is 11.5 Å². The summed E-state index contributed by atoms with van der Waals surface area (Å²) in [7, 11) is -1.99. The van der Waals surface area contributed by atoms with E-state index < -0.39 is 64.9 Å². The SMILES string of the molecule is COc1cc2c(cc1OC)S(=O)(=O)C[C@@](CC(O)CC(F)(F)F)(CC(F)(F)F)N[C@H]2c1ccccc1. The van der Waals surface area contributed by atoms with Crippen molar-refractivity contribution in [2.24, 2.45) is 0 Å². The lowest BCUT2D eigenvalue weighted by atomic mass is 9.86. The highest BCUT2D eigenvalue weighted by molar-refractivity contribution is 7.91. The Labute approximate surface area is 204 Å². The van der Waals surface area contributed by atoms with Crippen LogP contribution in [-0.4, -0.2) is 57.5 Å². The summed E-state index contributed by atoms with van der Waals surface area (Å²) in [6.07, 6.45) is -16.8. The number of halogens is 6. The quantitative estimate of drug-likeness (QED) is 0.500. The van der Waals surface area contributed by atoms with E-state index in [0.29, 0.717) is 5.56 Å². The van der Waals surface area contributed by atoms with Gasteiger partial charge >= 0.3 is 12.4 Å². The number of alkyl halides is 6. The molecule has 0 amide bonds. The lowest BCUT2D eigenvalue weighted by Gasteiger charge is -2.38. The summed E-state index contributed by atoms with van der Waals surface area (Å²) in [5.74, 6) is -1.10. The third-order valence-electron chi connectivity index (χ3n) is 5.84. The van der Waals surface area contributed by atoms with Crippen molar-refractivity contribution in [1.29, 1.82) is 0 Å². The van der Waals surface area contributed by atoms with Crippen LogP contribution in [-0.2, 0) is 9.84 Å². The number of methoxy groups -OCH3 is 2. The molecule has 1 aliphatic rings. The highest BCUT2D eigenvalue weighted by Crippen LogP contribution is 2.45. The fourth-order valence-electron chi connectivity index (χ4n) is 4.61. The zero-order chi connectivity index (χ0) is 26.9. The molecule has 0 aliphatic carbocycles. The number of rotatable bonds is 7. The number of benzene rings is 2. The van der Waals surface area contributed by atoms with Gasteiger partial charge in [0.15, 0.2) is 21.3 Å². The highest BCUT2D eigenvalue weighted by Gasteiger charge is 2.51. The van der Waals surface area contributed by atoms with Crippen LogP contribution in [0.15, 0.2) is 47.4 Å². The minimum Gasteiger partial charge on any atom is -0.493 e. The number of fused-ring (bicyclic) bond motifs is 1. The van der Waals surface area contributed by atoms with Gasteiger partial charge in [0, 0.05) is 11.6 Å². The van der Waals surface area contributed by atoms with Crippen LogP contribution in [0.1, 0.15) is 36.4 Å². The van der Waals surface area contributed by atoms with Gasteiger partial charge in [-0.1, -0.05) is 30.3 Å². The number of hydrogen-bond acceptors (Lipinski definition) is 6. The van der Waals surface area contributed by atoms with Gasteiger partial charge in [-0.25, -0.2) is 8.42 Å². The van der Waals surface area contributed by atoms with Crippen LogP contribution in [0.5, 0.6) is 11.5 Å². The van der Waals surface area contributed by atoms with Crippen LogP contribution in [0.4, 0.5) is 26.3 Å². The molecule has 0 saturated heterocycles. The Morgan fingerprint density at radius 3 is 2.14 bits per heavy atom. The maximum atomic E-state index is 13.8.